The number of ketones is 1. The van der Waals surface area contributed by atoms with Crippen molar-refractivity contribution in [3.8, 4) is 0 Å². The van der Waals surface area contributed by atoms with Gasteiger partial charge >= 0.3 is 0 Å². The van der Waals surface area contributed by atoms with Crippen LogP contribution in [0.5, 0.6) is 0 Å². The summed E-state index contributed by atoms with van der Waals surface area (Å²) in [7, 11) is 0. The van der Waals surface area contributed by atoms with Crippen LogP contribution in [0.1, 0.15) is 33.2 Å². The molecule has 2 N–H and O–H groups in total. The minimum absolute atomic E-state index is 0.0594. The van der Waals surface area contributed by atoms with E-state index in [9.17, 15) is 14.0 Å². The fraction of sp³-hybridized carbons (Fsp3) is 0.111. The van der Waals surface area contributed by atoms with E-state index in [2.05, 4.69) is 21.3 Å². The monoisotopic (exact) mass is 439 g/mol. The van der Waals surface area contributed by atoms with Gasteiger partial charge in [0.25, 0.3) is 0 Å². The molecule has 0 aliphatic carbocycles. The predicted octanol–water partition coefficient (Wildman–Crippen LogP) is 5.21. The quantitative estimate of drug-likeness (QED) is 0.420. The van der Waals surface area contributed by atoms with Gasteiger partial charge in [-0.05, 0) is 59.7 Å². The van der Waals surface area contributed by atoms with Crippen molar-refractivity contribution in [1.82, 2.24) is 4.57 Å². The molecule has 0 spiro atoms. The SMILES string of the molecule is O=C(Cc1ccccc1F)Nc1ccc(C(=O)C2Nc3ccccc3Cn3cccc32)cc1. The van der Waals surface area contributed by atoms with E-state index in [1.807, 2.05) is 36.5 Å². The Balaban J connectivity index is 1.33. The van der Waals surface area contributed by atoms with Gasteiger partial charge in [-0.3, -0.25) is 9.59 Å². The van der Waals surface area contributed by atoms with Crippen molar-refractivity contribution in [2.24, 2.45) is 0 Å². The minimum Gasteiger partial charge on any atom is -0.370 e. The molecule has 33 heavy (non-hydrogen) atoms. The van der Waals surface area contributed by atoms with Gasteiger partial charge in [-0.15, -0.1) is 0 Å². The number of halogens is 1. The average molecular weight is 439 g/mol. The lowest BCUT2D eigenvalue weighted by Crippen LogP contribution is -2.22. The molecule has 1 aliphatic heterocycles. The summed E-state index contributed by atoms with van der Waals surface area (Å²) >= 11 is 0. The Morgan fingerprint density at radius 2 is 1.70 bits per heavy atom. The first kappa shape index (κ1) is 20.7. The Morgan fingerprint density at radius 1 is 0.939 bits per heavy atom. The number of rotatable bonds is 5. The zero-order valence-electron chi connectivity index (χ0n) is 17.8. The summed E-state index contributed by atoms with van der Waals surface area (Å²) in [5.74, 6) is -0.786. The molecule has 1 aliphatic rings. The number of carbonyl (C=O) groups is 2. The highest BCUT2D eigenvalue weighted by Gasteiger charge is 2.27. The van der Waals surface area contributed by atoms with Crippen molar-refractivity contribution >= 4 is 23.1 Å². The second kappa shape index (κ2) is 8.74. The van der Waals surface area contributed by atoms with Crippen LogP contribution in [0.2, 0.25) is 0 Å². The number of hydrogen-bond donors (Lipinski definition) is 2. The number of Topliss-reactive ketones (excluding diaryl/α,β-unsaturated/α-hetero) is 1. The Labute approximate surface area is 190 Å². The molecule has 0 saturated heterocycles. The number of nitrogens with zero attached hydrogens (tertiary/aromatic N) is 1. The number of aromatic nitrogens is 1. The van der Waals surface area contributed by atoms with Gasteiger partial charge in [0.15, 0.2) is 5.78 Å². The van der Waals surface area contributed by atoms with Gasteiger partial charge in [-0.1, -0.05) is 36.4 Å². The Kier molecular flexibility index (Phi) is 5.48. The molecule has 4 aromatic rings. The normalized spacial score (nSPS) is 14.4. The fourth-order valence-electron chi connectivity index (χ4n) is 4.15. The third-order valence-electron chi connectivity index (χ3n) is 5.84. The molecule has 0 radical (unpaired) electrons. The number of hydrogen-bond acceptors (Lipinski definition) is 3. The Morgan fingerprint density at radius 3 is 2.52 bits per heavy atom. The minimum atomic E-state index is -0.523. The lowest BCUT2D eigenvalue weighted by Gasteiger charge is -2.18. The van der Waals surface area contributed by atoms with Crippen LogP contribution in [0, 0.1) is 5.82 Å². The molecule has 6 heteroatoms. The highest BCUT2D eigenvalue weighted by Crippen LogP contribution is 2.31. The van der Waals surface area contributed by atoms with E-state index in [0.29, 0.717) is 23.4 Å². The molecule has 5 nitrogen and oxygen atoms in total. The summed E-state index contributed by atoms with van der Waals surface area (Å²) in [5, 5.41) is 6.16. The summed E-state index contributed by atoms with van der Waals surface area (Å²) in [5.41, 5.74) is 4.39. The van der Waals surface area contributed by atoms with E-state index in [4.69, 9.17) is 0 Å². The van der Waals surface area contributed by atoms with Gasteiger partial charge in [-0.25, -0.2) is 4.39 Å². The zero-order chi connectivity index (χ0) is 22.8. The van der Waals surface area contributed by atoms with Crippen LogP contribution in [-0.4, -0.2) is 16.3 Å². The average Bonchev–Trinajstić information content (AvgIpc) is 3.21. The van der Waals surface area contributed by atoms with Crippen molar-refractivity contribution in [2.45, 2.75) is 19.0 Å². The van der Waals surface area contributed by atoms with Crippen molar-refractivity contribution in [3.05, 3.63) is 119 Å². The number of benzene rings is 3. The lowest BCUT2D eigenvalue weighted by atomic mass is 10.0. The van der Waals surface area contributed by atoms with Gasteiger partial charge in [0.2, 0.25) is 5.91 Å². The Hall–Kier alpha value is -4.19. The second-order valence-corrected chi connectivity index (χ2v) is 8.05. The van der Waals surface area contributed by atoms with Gasteiger partial charge in [0.1, 0.15) is 11.9 Å². The van der Waals surface area contributed by atoms with E-state index in [1.54, 1.807) is 42.5 Å². The van der Waals surface area contributed by atoms with Gasteiger partial charge < -0.3 is 15.2 Å². The van der Waals surface area contributed by atoms with Gasteiger partial charge in [-0.2, -0.15) is 0 Å². The van der Waals surface area contributed by atoms with E-state index in [1.165, 1.54) is 6.07 Å². The summed E-state index contributed by atoms with van der Waals surface area (Å²) in [4.78, 5) is 25.7. The van der Waals surface area contributed by atoms with Gasteiger partial charge in [0.05, 0.1) is 6.42 Å². The molecule has 0 fully saturated rings. The van der Waals surface area contributed by atoms with E-state index in [-0.39, 0.29) is 18.1 Å². The molecule has 1 unspecified atom stereocenters. The highest BCUT2D eigenvalue weighted by atomic mass is 19.1. The summed E-state index contributed by atoms with van der Waals surface area (Å²) in [6.07, 6.45) is 1.92. The molecular weight excluding hydrogens is 417 g/mol. The smallest absolute Gasteiger partial charge is 0.228 e. The first-order valence-corrected chi connectivity index (χ1v) is 10.8. The van der Waals surface area contributed by atoms with E-state index >= 15 is 0 Å². The summed E-state index contributed by atoms with van der Waals surface area (Å²) < 4.78 is 15.9. The van der Waals surface area contributed by atoms with Crippen LogP contribution < -0.4 is 10.6 Å². The third-order valence-corrected chi connectivity index (χ3v) is 5.84. The summed E-state index contributed by atoms with van der Waals surface area (Å²) in [6, 6.07) is 24.3. The van der Waals surface area contributed by atoms with Crippen molar-refractivity contribution in [3.63, 3.8) is 0 Å². The van der Waals surface area contributed by atoms with Crippen molar-refractivity contribution in [1.29, 1.82) is 0 Å². The van der Waals surface area contributed by atoms with Crippen LogP contribution >= 0.6 is 0 Å². The van der Waals surface area contributed by atoms with E-state index in [0.717, 1.165) is 16.9 Å². The molecular formula is C27H22FN3O2. The van der Waals surface area contributed by atoms with Crippen molar-refractivity contribution < 1.29 is 14.0 Å². The number of anilines is 2. The number of nitrogens with one attached hydrogen (secondary N) is 2. The molecule has 2 heterocycles. The molecule has 3 aromatic carbocycles. The topological polar surface area (TPSA) is 63.1 Å². The predicted molar refractivity (Wildman–Crippen MR) is 126 cm³/mol. The molecule has 0 saturated carbocycles. The molecule has 5 rings (SSSR count). The molecule has 1 aromatic heterocycles. The standard InChI is InChI=1S/C27H22FN3O2/c28-22-8-3-1-6-19(22)16-25(32)29-21-13-11-18(12-14-21)27(33)26-24-10-5-15-31(24)17-20-7-2-4-9-23(20)30-26/h1-15,26,30H,16-17H2,(H,29,32). The molecule has 164 valence electrons. The maximum atomic E-state index is 13.8. The molecule has 1 amide bonds. The number of fused-ring (bicyclic) bond motifs is 2. The zero-order valence-corrected chi connectivity index (χ0v) is 17.8. The summed E-state index contributed by atoms with van der Waals surface area (Å²) in [6.45, 7) is 0.697. The van der Waals surface area contributed by atoms with Crippen LogP contribution in [0.3, 0.4) is 0 Å². The Bertz CT molecular complexity index is 1330. The van der Waals surface area contributed by atoms with Gasteiger partial charge in [0, 0.05) is 35.4 Å². The second-order valence-electron chi connectivity index (χ2n) is 8.05. The highest BCUT2D eigenvalue weighted by molar-refractivity contribution is 6.03. The fourth-order valence-corrected chi connectivity index (χ4v) is 4.15. The lowest BCUT2D eigenvalue weighted by molar-refractivity contribution is -0.115. The van der Waals surface area contributed by atoms with Crippen LogP contribution in [0.25, 0.3) is 0 Å². The van der Waals surface area contributed by atoms with E-state index < -0.39 is 11.9 Å². The van der Waals surface area contributed by atoms with Crippen LogP contribution in [-0.2, 0) is 17.8 Å². The number of amides is 1. The van der Waals surface area contributed by atoms with Crippen LogP contribution in [0.15, 0.2) is 91.1 Å². The van der Waals surface area contributed by atoms with Crippen molar-refractivity contribution in [2.75, 3.05) is 10.6 Å². The first-order valence-electron chi connectivity index (χ1n) is 10.8. The number of para-hydroxylation sites is 1. The largest absolute Gasteiger partial charge is 0.370 e. The van der Waals surface area contributed by atoms with Crippen LogP contribution in [0.4, 0.5) is 15.8 Å². The third kappa shape index (κ3) is 4.28. The number of carbonyl (C=O) groups excluding carboxylic acids is 2. The molecule has 1 atom stereocenters. The first-order chi connectivity index (χ1) is 16.1. The molecule has 0 bridgehead atoms. The maximum absolute atomic E-state index is 13.8. The maximum Gasteiger partial charge on any atom is 0.228 e.